The van der Waals surface area contributed by atoms with Gasteiger partial charge in [0.1, 0.15) is 5.69 Å². The Morgan fingerprint density at radius 2 is 1.91 bits per heavy atom. The lowest BCUT2D eigenvalue weighted by molar-refractivity contribution is -0.133. The van der Waals surface area contributed by atoms with Crippen LogP contribution in [0.25, 0.3) is 0 Å². The number of likely N-dealkylation sites (tertiary alicyclic amines) is 2. The van der Waals surface area contributed by atoms with Gasteiger partial charge in [0.25, 0.3) is 5.91 Å². The summed E-state index contributed by atoms with van der Waals surface area (Å²) >= 11 is 0. The summed E-state index contributed by atoms with van der Waals surface area (Å²) in [5.41, 5.74) is 7.60. The van der Waals surface area contributed by atoms with Crippen molar-refractivity contribution in [1.82, 2.24) is 19.8 Å². The van der Waals surface area contributed by atoms with Crippen LogP contribution in [-0.2, 0) is 11.2 Å². The number of carbonyl (C=O) groups excluding carboxylic acids is 2. The molecule has 2 aromatic rings. The minimum Gasteiger partial charge on any atom is -0.368 e. The number of aryl methyl sites for hydroxylation is 1. The van der Waals surface area contributed by atoms with Crippen LogP contribution in [0.4, 0.5) is 5.95 Å². The third-order valence-corrected chi connectivity index (χ3v) is 7.09. The fourth-order valence-corrected chi connectivity index (χ4v) is 5.75. The van der Waals surface area contributed by atoms with Crippen molar-refractivity contribution in [2.75, 3.05) is 12.3 Å². The third-order valence-electron chi connectivity index (χ3n) is 7.09. The van der Waals surface area contributed by atoms with E-state index < -0.39 is 5.54 Å². The van der Waals surface area contributed by atoms with E-state index in [1.54, 1.807) is 13.0 Å². The highest BCUT2D eigenvalue weighted by Gasteiger charge is 2.54. The zero-order valence-corrected chi connectivity index (χ0v) is 19.3. The number of nitrogens with two attached hydrogens (primary N) is 1. The fourth-order valence-electron chi connectivity index (χ4n) is 5.75. The Morgan fingerprint density at radius 1 is 1.16 bits per heavy atom. The smallest absolute Gasteiger partial charge is 0.273 e. The first-order valence-corrected chi connectivity index (χ1v) is 11.6. The highest BCUT2D eigenvalue weighted by molar-refractivity contribution is 5.93. The Hall–Kier alpha value is -2.96. The number of rotatable bonds is 3. The summed E-state index contributed by atoms with van der Waals surface area (Å²) in [5.74, 6) is 0.0658. The molecule has 2 saturated heterocycles. The van der Waals surface area contributed by atoms with Gasteiger partial charge in [-0.15, -0.1) is 0 Å². The van der Waals surface area contributed by atoms with Gasteiger partial charge in [-0.1, -0.05) is 43.2 Å². The first-order chi connectivity index (χ1) is 15.3. The number of fused-ring (bicyclic) bond motifs is 1. The molecule has 2 aliphatic rings. The van der Waals surface area contributed by atoms with E-state index in [9.17, 15) is 9.59 Å². The van der Waals surface area contributed by atoms with E-state index in [4.69, 9.17) is 5.73 Å². The van der Waals surface area contributed by atoms with Crippen LogP contribution in [0.3, 0.4) is 0 Å². The first kappa shape index (κ1) is 22.2. The van der Waals surface area contributed by atoms with E-state index in [0.29, 0.717) is 17.9 Å². The van der Waals surface area contributed by atoms with E-state index in [1.165, 1.54) is 5.56 Å². The predicted molar refractivity (Wildman–Crippen MR) is 124 cm³/mol. The molecule has 170 valence electrons. The third kappa shape index (κ3) is 4.20. The molecule has 2 fully saturated rings. The molecule has 7 heteroatoms. The predicted octanol–water partition coefficient (Wildman–Crippen LogP) is 3.37. The number of hydrogen-bond acceptors (Lipinski definition) is 5. The van der Waals surface area contributed by atoms with Crippen LogP contribution in [0.2, 0.25) is 0 Å². The molecule has 1 aromatic heterocycles. The number of anilines is 1. The van der Waals surface area contributed by atoms with Crippen LogP contribution >= 0.6 is 0 Å². The summed E-state index contributed by atoms with van der Waals surface area (Å²) in [4.78, 5) is 39.0. The molecule has 0 unspecified atom stereocenters. The molecular weight excluding hydrogens is 402 g/mol. The van der Waals surface area contributed by atoms with Crippen LogP contribution in [0.15, 0.2) is 36.4 Å². The zero-order chi connectivity index (χ0) is 22.9. The quantitative estimate of drug-likeness (QED) is 0.798. The van der Waals surface area contributed by atoms with Crippen LogP contribution in [0.1, 0.15) is 67.7 Å². The summed E-state index contributed by atoms with van der Waals surface area (Å²) < 4.78 is 0. The van der Waals surface area contributed by atoms with Gasteiger partial charge >= 0.3 is 0 Å². The highest BCUT2D eigenvalue weighted by Crippen LogP contribution is 2.43. The molecule has 0 radical (unpaired) electrons. The molecule has 3 heterocycles. The lowest BCUT2D eigenvalue weighted by Gasteiger charge is -2.45. The number of hydrogen-bond donors (Lipinski definition) is 1. The van der Waals surface area contributed by atoms with Gasteiger partial charge in [-0.25, -0.2) is 9.97 Å². The van der Waals surface area contributed by atoms with E-state index in [1.807, 2.05) is 30.0 Å². The second-order valence-corrected chi connectivity index (χ2v) is 9.41. The maximum atomic E-state index is 13.7. The second-order valence-electron chi connectivity index (χ2n) is 9.41. The largest absolute Gasteiger partial charge is 0.368 e. The maximum Gasteiger partial charge on any atom is 0.273 e. The molecule has 3 atom stereocenters. The average molecular weight is 436 g/mol. The Balaban J connectivity index is 1.72. The molecule has 0 aliphatic carbocycles. The van der Waals surface area contributed by atoms with Crippen LogP contribution in [0.5, 0.6) is 0 Å². The van der Waals surface area contributed by atoms with Gasteiger partial charge in [-0.05, 0) is 51.2 Å². The molecule has 32 heavy (non-hydrogen) atoms. The molecule has 2 aliphatic heterocycles. The molecule has 0 bridgehead atoms. The van der Waals surface area contributed by atoms with Crippen molar-refractivity contribution < 1.29 is 9.59 Å². The lowest BCUT2D eigenvalue weighted by Crippen LogP contribution is -2.58. The molecule has 1 aromatic carbocycles. The summed E-state index contributed by atoms with van der Waals surface area (Å²) in [6.45, 7) is 6.27. The van der Waals surface area contributed by atoms with Crippen molar-refractivity contribution in [3.63, 3.8) is 0 Å². The molecule has 0 spiro atoms. The standard InChI is InChI=1S/C25H33N5O2/c1-17-14-21(28-24(26)27-17)23(32)29-13-9-5-8-12-22-25(29,3)16-20(30(22)18(2)31)15-19-10-6-4-7-11-19/h4,6-7,10-11,14,20,22H,5,8-9,12-13,15-16H2,1-3H3,(H2,26,27,28)/t20-,22+,25+/m1/s1. The van der Waals surface area contributed by atoms with Gasteiger partial charge in [-0.2, -0.15) is 0 Å². The second kappa shape index (κ2) is 8.88. The summed E-state index contributed by atoms with van der Waals surface area (Å²) in [7, 11) is 0. The van der Waals surface area contributed by atoms with Gasteiger partial charge in [0.2, 0.25) is 11.9 Å². The zero-order valence-electron chi connectivity index (χ0n) is 19.3. The van der Waals surface area contributed by atoms with Gasteiger partial charge in [0.05, 0.1) is 11.6 Å². The summed E-state index contributed by atoms with van der Waals surface area (Å²) in [6, 6.07) is 12.0. The normalized spacial score (nSPS) is 25.7. The van der Waals surface area contributed by atoms with Crippen LogP contribution < -0.4 is 5.73 Å². The SMILES string of the molecule is CC(=O)N1[C@H](Cc2ccccc2)C[C@@]2(C)[C@@H]1CCCCCN2C(=O)c1cc(C)nc(N)n1. The lowest BCUT2D eigenvalue weighted by atomic mass is 9.83. The van der Waals surface area contributed by atoms with Gasteiger partial charge in [0.15, 0.2) is 0 Å². The number of benzene rings is 1. The first-order valence-electron chi connectivity index (χ1n) is 11.6. The molecule has 7 nitrogen and oxygen atoms in total. The minimum atomic E-state index is -0.462. The summed E-state index contributed by atoms with van der Waals surface area (Å²) in [5, 5.41) is 0. The van der Waals surface area contributed by atoms with Crippen molar-refractivity contribution in [2.45, 2.75) is 76.9 Å². The minimum absolute atomic E-state index is 0.0155. The molecule has 2 amide bonds. The monoisotopic (exact) mass is 435 g/mol. The molecule has 2 N–H and O–H groups in total. The van der Waals surface area contributed by atoms with Gasteiger partial charge < -0.3 is 15.5 Å². The Bertz CT molecular complexity index is 975. The van der Waals surface area contributed by atoms with Crippen molar-refractivity contribution in [1.29, 1.82) is 0 Å². The van der Waals surface area contributed by atoms with E-state index in [0.717, 1.165) is 38.5 Å². The van der Waals surface area contributed by atoms with Crippen LogP contribution in [0, 0.1) is 6.92 Å². The Morgan fingerprint density at radius 3 is 2.59 bits per heavy atom. The van der Waals surface area contributed by atoms with E-state index in [-0.39, 0.29) is 29.8 Å². The molecule has 0 saturated carbocycles. The number of nitrogen functional groups attached to an aromatic ring is 1. The average Bonchev–Trinajstić information content (AvgIpc) is 3.00. The van der Waals surface area contributed by atoms with Crippen molar-refractivity contribution >= 4 is 17.8 Å². The number of aromatic nitrogens is 2. The van der Waals surface area contributed by atoms with E-state index in [2.05, 4.69) is 33.9 Å². The number of carbonyl (C=O) groups is 2. The Labute approximate surface area is 190 Å². The number of nitrogens with zero attached hydrogens (tertiary/aromatic N) is 4. The van der Waals surface area contributed by atoms with E-state index >= 15 is 0 Å². The highest BCUT2D eigenvalue weighted by atomic mass is 16.2. The topological polar surface area (TPSA) is 92.4 Å². The van der Waals surface area contributed by atoms with Crippen molar-refractivity contribution in [2.24, 2.45) is 0 Å². The maximum absolute atomic E-state index is 13.7. The molecular formula is C25H33N5O2. The summed E-state index contributed by atoms with van der Waals surface area (Å²) in [6.07, 6.45) is 5.47. The van der Waals surface area contributed by atoms with Gasteiger partial charge in [0, 0.05) is 25.2 Å². The van der Waals surface area contributed by atoms with Crippen molar-refractivity contribution in [3.8, 4) is 0 Å². The Kier molecular flexibility index (Phi) is 6.17. The number of amides is 2. The van der Waals surface area contributed by atoms with Crippen LogP contribution in [-0.4, -0.2) is 55.7 Å². The van der Waals surface area contributed by atoms with Gasteiger partial charge in [-0.3, -0.25) is 9.59 Å². The van der Waals surface area contributed by atoms with Crippen molar-refractivity contribution in [3.05, 3.63) is 53.3 Å². The fraction of sp³-hybridized carbons (Fsp3) is 0.520. The molecule has 4 rings (SSSR count).